The highest BCUT2D eigenvalue weighted by atomic mass is 16.5. The van der Waals surface area contributed by atoms with Gasteiger partial charge in [0.05, 0.1) is 0 Å². The number of aryl methyl sites for hydroxylation is 2. The molecule has 0 radical (unpaired) electrons. The van der Waals surface area contributed by atoms with Crippen molar-refractivity contribution in [2.75, 3.05) is 13.7 Å². The summed E-state index contributed by atoms with van der Waals surface area (Å²) in [6.45, 7) is 3.98. The molecule has 0 aliphatic rings. The molecule has 0 spiro atoms. The van der Waals surface area contributed by atoms with Crippen LogP contribution in [0.5, 0.6) is 0 Å². The van der Waals surface area contributed by atoms with Crippen LogP contribution >= 0.6 is 0 Å². The summed E-state index contributed by atoms with van der Waals surface area (Å²) >= 11 is 0. The fourth-order valence-corrected chi connectivity index (χ4v) is 1.89. The summed E-state index contributed by atoms with van der Waals surface area (Å²) in [5.41, 5.74) is 2.63. The zero-order valence-corrected chi connectivity index (χ0v) is 9.36. The molecule has 1 aromatic carbocycles. The second-order valence-electron chi connectivity index (χ2n) is 3.92. The second-order valence-corrected chi connectivity index (χ2v) is 3.92. The number of nitrogens with zero attached hydrogens (tertiary/aromatic N) is 1. The van der Waals surface area contributed by atoms with E-state index in [1.807, 2.05) is 0 Å². The van der Waals surface area contributed by atoms with Gasteiger partial charge in [0.15, 0.2) is 0 Å². The Bertz CT molecular complexity index is 445. The zero-order chi connectivity index (χ0) is 10.7. The Morgan fingerprint density at radius 2 is 2.13 bits per heavy atom. The third-order valence-corrected chi connectivity index (χ3v) is 2.67. The smallest absolute Gasteiger partial charge is 0.0480 e. The van der Waals surface area contributed by atoms with Gasteiger partial charge in [-0.1, -0.05) is 11.6 Å². The van der Waals surface area contributed by atoms with E-state index in [-0.39, 0.29) is 0 Å². The summed E-state index contributed by atoms with van der Waals surface area (Å²) in [6, 6.07) is 8.75. The maximum Gasteiger partial charge on any atom is 0.0480 e. The molecule has 0 unspecified atom stereocenters. The van der Waals surface area contributed by atoms with Crippen molar-refractivity contribution in [3.8, 4) is 0 Å². The molecule has 0 N–H and O–H groups in total. The summed E-state index contributed by atoms with van der Waals surface area (Å²) in [5, 5.41) is 1.33. The fraction of sp³-hybridized carbons (Fsp3) is 0.385. The van der Waals surface area contributed by atoms with Crippen LogP contribution in [0, 0.1) is 6.92 Å². The molecule has 0 aliphatic heterocycles. The minimum absolute atomic E-state index is 0.825. The molecule has 1 aromatic heterocycles. The Morgan fingerprint density at radius 1 is 1.27 bits per heavy atom. The molecular weight excluding hydrogens is 186 g/mol. The summed E-state index contributed by atoms with van der Waals surface area (Å²) in [5.74, 6) is 0. The third-order valence-electron chi connectivity index (χ3n) is 2.67. The normalized spacial score (nSPS) is 11.1. The van der Waals surface area contributed by atoms with Crippen LogP contribution in [0.15, 0.2) is 30.5 Å². The highest BCUT2D eigenvalue weighted by Gasteiger charge is 2.00. The molecule has 2 aromatic rings. The van der Waals surface area contributed by atoms with Crippen LogP contribution in [0.25, 0.3) is 10.9 Å². The maximum atomic E-state index is 5.06. The van der Waals surface area contributed by atoms with E-state index in [9.17, 15) is 0 Å². The first kappa shape index (κ1) is 10.2. The zero-order valence-electron chi connectivity index (χ0n) is 9.36. The molecule has 0 saturated heterocycles. The number of methoxy groups -OCH3 is 1. The number of hydrogen-bond acceptors (Lipinski definition) is 1. The first-order valence-corrected chi connectivity index (χ1v) is 5.35. The Labute approximate surface area is 90.5 Å². The molecular formula is C13H17NO. The van der Waals surface area contributed by atoms with E-state index in [1.54, 1.807) is 7.11 Å². The average molecular weight is 203 g/mol. The van der Waals surface area contributed by atoms with Crippen molar-refractivity contribution in [3.63, 3.8) is 0 Å². The number of rotatable bonds is 4. The Balaban J connectivity index is 2.21. The average Bonchev–Trinajstić information content (AvgIpc) is 2.61. The third kappa shape index (κ3) is 2.21. The van der Waals surface area contributed by atoms with E-state index in [0.717, 1.165) is 19.6 Å². The Hall–Kier alpha value is -1.28. The van der Waals surface area contributed by atoms with E-state index in [4.69, 9.17) is 4.74 Å². The van der Waals surface area contributed by atoms with Crippen LogP contribution in [-0.4, -0.2) is 18.3 Å². The lowest BCUT2D eigenvalue weighted by Crippen LogP contribution is -1.99. The van der Waals surface area contributed by atoms with Gasteiger partial charge in [-0.15, -0.1) is 0 Å². The van der Waals surface area contributed by atoms with Crippen LogP contribution in [0.4, 0.5) is 0 Å². The van der Waals surface area contributed by atoms with E-state index in [0.29, 0.717) is 0 Å². The number of benzene rings is 1. The van der Waals surface area contributed by atoms with Crippen molar-refractivity contribution in [1.29, 1.82) is 0 Å². The van der Waals surface area contributed by atoms with Gasteiger partial charge in [-0.25, -0.2) is 0 Å². The molecule has 2 nitrogen and oxygen atoms in total. The highest BCUT2D eigenvalue weighted by molar-refractivity contribution is 5.80. The molecule has 0 fully saturated rings. The number of fused-ring (bicyclic) bond motifs is 1. The molecule has 0 saturated carbocycles. The summed E-state index contributed by atoms with van der Waals surface area (Å²) < 4.78 is 7.34. The molecule has 0 aliphatic carbocycles. The monoisotopic (exact) mass is 203 g/mol. The van der Waals surface area contributed by atoms with Crippen molar-refractivity contribution < 1.29 is 4.74 Å². The largest absolute Gasteiger partial charge is 0.385 e. The molecule has 2 rings (SSSR count). The van der Waals surface area contributed by atoms with Gasteiger partial charge in [0.2, 0.25) is 0 Å². The number of aromatic nitrogens is 1. The van der Waals surface area contributed by atoms with E-state index >= 15 is 0 Å². The molecule has 15 heavy (non-hydrogen) atoms. The number of ether oxygens (including phenoxy) is 1. The topological polar surface area (TPSA) is 14.2 Å². The SMILES string of the molecule is COCCCn1ccc2cc(C)ccc21. The van der Waals surface area contributed by atoms with Crippen LogP contribution < -0.4 is 0 Å². The highest BCUT2D eigenvalue weighted by Crippen LogP contribution is 2.17. The van der Waals surface area contributed by atoms with Gasteiger partial charge in [-0.3, -0.25) is 0 Å². The van der Waals surface area contributed by atoms with E-state index in [1.165, 1.54) is 16.5 Å². The Morgan fingerprint density at radius 3 is 2.93 bits per heavy atom. The van der Waals surface area contributed by atoms with Crippen LogP contribution in [0.3, 0.4) is 0 Å². The van der Waals surface area contributed by atoms with Gasteiger partial charge in [-0.2, -0.15) is 0 Å². The molecule has 80 valence electrons. The standard InChI is InChI=1S/C13H17NO/c1-11-4-5-13-12(10-11)6-8-14(13)7-3-9-15-2/h4-6,8,10H,3,7,9H2,1-2H3. The molecule has 0 bridgehead atoms. The van der Waals surface area contributed by atoms with E-state index < -0.39 is 0 Å². The van der Waals surface area contributed by atoms with Crippen LogP contribution in [-0.2, 0) is 11.3 Å². The van der Waals surface area contributed by atoms with Gasteiger partial charge in [0.1, 0.15) is 0 Å². The lowest BCUT2D eigenvalue weighted by molar-refractivity contribution is 0.190. The van der Waals surface area contributed by atoms with Gasteiger partial charge in [-0.05, 0) is 36.9 Å². The summed E-state index contributed by atoms with van der Waals surface area (Å²) in [4.78, 5) is 0. The van der Waals surface area contributed by atoms with Gasteiger partial charge in [0.25, 0.3) is 0 Å². The molecule has 1 heterocycles. The first-order chi connectivity index (χ1) is 7.31. The van der Waals surface area contributed by atoms with Crippen molar-refractivity contribution >= 4 is 10.9 Å². The molecule has 0 amide bonds. The lowest BCUT2D eigenvalue weighted by atomic mass is 10.2. The molecule has 0 atom stereocenters. The van der Waals surface area contributed by atoms with Crippen molar-refractivity contribution in [3.05, 3.63) is 36.0 Å². The lowest BCUT2D eigenvalue weighted by Gasteiger charge is -2.04. The van der Waals surface area contributed by atoms with Crippen molar-refractivity contribution in [1.82, 2.24) is 4.57 Å². The van der Waals surface area contributed by atoms with Gasteiger partial charge in [0, 0.05) is 32.0 Å². The van der Waals surface area contributed by atoms with Crippen LogP contribution in [0.1, 0.15) is 12.0 Å². The van der Waals surface area contributed by atoms with Crippen LogP contribution in [0.2, 0.25) is 0 Å². The minimum atomic E-state index is 0.825. The fourth-order valence-electron chi connectivity index (χ4n) is 1.89. The molecule has 2 heteroatoms. The quantitative estimate of drug-likeness (QED) is 0.697. The second kappa shape index (κ2) is 4.49. The minimum Gasteiger partial charge on any atom is -0.385 e. The Kier molecular flexibility index (Phi) is 3.07. The van der Waals surface area contributed by atoms with Crippen molar-refractivity contribution in [2.45, 2.75) is 19.9 Å². The number of hydrogen-bond donors (Lipinski definition) is 0. The van der Waals surface area contributed by atoms with Crippen molar-refractivity contribution in [2.24, 2.45) is 0 Å². The summed E-state index contributed by atoms with van der Waals surface area (Å²) in [7, 11) is 1.75. The summed E-state index contributed by atoms with van der Waals surface area (Å²) in [6.07, 6.45) is 3.22. The van der Waals surface area contributed by atoms with Gasteiger partial charge < -0.3 is 9.30 Å². The predicted octanol–water partition coefficient (Wildman–Crippen LogP) is 2.99. The predicted molar refractivity (Wildman–Crippen MR) is 63.2 cm³/mol. The maximum absolute atomic E-state index is 5.06. The van der Waals surface area contributed by atoms with E-state index in [2.05, 4.69) is 42.0 Å². The van der Waals surface area contributed by atoms with Gasteiger partial charge >= 0.3 is 0 Å². The first-order valence-electron chi connectivity index (χ1n) is 5.35.